The van der Waals surface area contributed by atoms with Crippen LogP contribution in [0.15, 0.2) is 36.7 Å². The van der Waals surface area contributed by atoms with Crippen molar-refractivity contribution in [2.75, 3.05) is 25.0 Å². The molecule has 6 heteroatoms. The van der Waals surface area contributed by atoms with E-state index in [2.05, 4.69) is 57.6 Å². The minimum absolute atomic E-state index is 0.161. The van der Waals surface area contributed by atoms with Crippen LogP contribution < -0.4 is 10.6 Å². The number of aliphatic hydroxyl groups is 1. The highest BCUT2D eigenvalue weighted by Crippen LogP contribution is 2.36. The molecule has 1 aliphatic rings. The lowest BCUT2D eigenvalue weighted by Gasteiger charge is -2.23. The maximum absolute atomic E-state index is 8.95. The summed E-state index contributed by atoms with van der Waals surface area (Å²) in [7, 11) is 0. The topological polar surface area (TPSA) is 75.0 Å². The van der Waals surface area contributed by atoms with E-state index in [1.165, 1.54) is 48.8 Å². The Labute approximate surface area is 185 Å². The summed E-state index contributed by atoms with van der Waals surface area (Å²) < 4.78 is 2.41. The van der Waals surface area contributed by atoms with Crippen LogP contribution in [-0.2, 0) is 6.54 Å². The molecule has 31 heavy (non-hydrogen) atoms. The predicted octanol–water partition coefficient (Wildman–Crippen LogP) is 4.90. The van der Waals surface area contributed by atoms with Gasteiger partial charge in [0, 0.05) is 49.0 Å². The number of hydrogen-bond acceptors (Lipinski definition) is 5. The van der Waals surface area contributed by atoms with Crippen LogP contribution in [0.5, 0.6) is 0 Å². The van der Waals surface area contributed by atoms with Crippen molar-refractivity contribution in [2.24, 2.45) is 0 Å². The second kappa shape index (κ2) is 10.7. The van der Waals surface area contributed by atoms with Gasteiger partial charge in [-0.25, -0.2) is 4.98 Å². The number of hydrogen-bond donors (Lipinski definition) is 3. The van der Waals surface area contributed by atoms with Gasteiger partial charge in [0.25, 0.3) is 0 Å². The van der Waals surface area contributed by atoms with Gasteiger partial charge in [0.05, 0.1) is 6.61 Å². The van der Waals surface area contributed by atoms with E-state index >= 15 is 0 Å². The van der Waals surface area contributed by atoms with Crippen LogP contribution in [0.1, 0.15) is 63.5 Å². The molecule has 0 spiro atoms. The molecule has 166 valence electrons. The minimum atomic E-state index is 0.161. The Morgan fingerprint density at radius 3 is 2.65 bits per heavy atom. The van der Waals surface area contributed by atoms with Gasteiger partial charge in [-0.3, -0.25) is 0 Å². The average Bonchev–Trinajstić information content (AvgIpc) is 3.19. The van der Waals surface area contributed by atoms with Gasteiger partial charge in [0.15, 0.2) is 0 Å². The molecule has 6 nitrogen and oxygen atoms in total. The molecule has 0 amide bonds. The van der Waals surface area contributed by atoms with Crippen molar-refractivity contribution in [3.8, 4) is 11.1 Å². The van der Waals surface area contributed by atoms with Gasteiger partial charge < -0.3 is 20.3 Å². The molecule has 0 saturated heterocycles. The van der Waals surface area contributed by atoms with Crippen molar-refractivity contribution in [1.82, 2.24) is 19.9 Å². The Morgan fingerprint density at radius 2 is 1.90 bits per heavy atom. The number of unbranched alkanes of at least 4 members (excludes halogenated alkanes) is 1. The first kappa shape index (κ1) is 21.8. The molecule has 2 aromatic heterocycles. The third kappa shape index (κ3) is 5.25. The Hall–Kier alpha value is -2.44. The van der Waals surface area contributed by atoms with Crippen molar-refractivity contribution >= 4 is 17.0 Å². The first-order valence-electron chi connectivity index (χ1n) is 11.8. The molecule has 3 N–H and O–H groups in total. The van der Waals surface area contributed by atoms with E-state index in [-0.39, 0.29) is 6.61 Å². The molecule has 2 heterocycles. The second-order valence-electron chi connectivity index (χ2n) is 8.55. The third-order valence-electron chi connectivity index (χ3n) is 6.24. The Morgan fingerprint density at radius 1 is 1.10 bits per heavy atom. The number of aliphatic hydroxyl groups excluding tert-OH is 1. The van der Waals surface area contributed by atoms with E-state index < -0.39 is 0 Å². The van der Waals surface area contributed by atoms with Gasteiger partial charge in [0.1, 0.15) is 5.65 Å². The van der Waals surface area contributed by atoms with E-state index in [4.69, 9.17) is 10.1 Å². The van der Waals surface area contributed by atoms with Crippen LogP contribution >= 0.6 is 0 Å². The van der Waals surface area contributed by atoms with E-state index in [1.807, 2.05) is 6.20 Å². The zero-order chi connectivity index (χ0) is 21.5. The zero-order valence-corrected chi connectivity index (χ0v) is 18.6. The lowest BCUT2D eigenvalue weighted by atomic mass is 9.95. The number of nitrogens with one attached hydrogen (secondary N) is 2. The van der Waals surface area contributed by atoms with E-state index in [9.17, 15) is 0 Å². The van der Waals surface area contributed by atoms with Crippen LogP contribution in [-0.4, -0.2) is 39.3 Å². The average molecular weight is 422 g/mol. The van der Waals surface area contributed by atoms with Crippen molar-refractivity contribution in [2.45, 2.75) is 64.5 Å². The smallest absolute Gasteiger partial charge is 0.224 e. The molecule has 4 rings (SSSR count). The van der Waals surface area contributed by atoms with Crippen LogP contribution in [0.25, 0.3) is 22.2 Å². The normalized spacial score (nSPS) is 14.9. The molecule has 3 aromatic rings. The lowest BCUT2D eigenvalue weighted by molar-refractivity contribution is 0.292. The third-order valence-corrected chi connectivity index (χ3v) is 6.24. The van der Waals surface area contributed by atoms with Crippen LogP contribution in [0.3, 0.4) is 0 Å². The molecule has 0 unspecified atom stereocenters. The van der Waals surface area contributed by atoms with E-state index in [0.717, 1.165) is 42.9 Å². The van der Waals surface area contributed by atoms with Crippen molar-refractivity contribution in [1.29, 1.82) is 0 Å². The van der Waals surface area contributed by atoms with Gasteiger partial charge in [0.2, 0.25) is 5.95 Å². The molecule has 1 aromatic carbocycles. The highest BCUT2D eigenvalue weighted by molar-refractivity contribution is 5.94. The number of anilines is 1. The SMILES string of the molecule is CCCCNc1ncc2c(-c3ccc(CNCCO)cc3)cn(C3CCCCC3)c2n1. The number of rotatable bonds is 10. The molecule has 1 fully saturated rings. The minimum Gasteiger partial charge on any atom is -0.395 e. The largest absolute Gasteiger partial charge is 0.395 e. The summed E-state index contributed by atoms with van der Waals surface area (Å²) in [5, 5.41) is 16.7. The lowest BCUT2D eigenvalue weighted by Crippen LogP contribution is -2.17. The molecule has 1 aliphatic carbocycles. The fraction of sp³-hybridized carbons (Fsp3) is 0.520. The van der Waals surface area contributed by atoms with E-state index in [1.54, 1.807) is 0 Å². The molecule has 0 atom stereocenters. The van der Waals surface area contributed by atoms with Gasteiger partial charge in [-0.05, 0) is 30.4 Å². The number of benzene rings is 1. The Kier molecular flexibility index (Phi) is 7.54. The summed E-state index contributed by atoms with van der Waals surface area (Å²) in [5.41, 5.74) is 4.66. The van der Waals surface area contributed by atoms with Gasteiger partial charge in [-0.2, -0.15) is 4.98 Å². The van der Waals surface area contributed by atoms with Crippen LogP contribution in [0.2, 0.25) is 0 Å². The highest BCUT2D eigenvalue weighted by atomic mass is 16.3. The number of fused-ring (bicyclic) bond motifs is 1. The maximum atomic E-state index is 8.95. The summed E-state index contributed by atoms with van der Waals surface area (Å²) in [6.45, 7) is 4.64. The standard InChI is InChI=1S/C25H35N5O/c1-2-3-13-27-25-28-17-22-23(20-11-9-19(10-12-20)16-26-14-15-31)18-30(24(22)29-25)21-7-5-4-6-8-21/h9-12,17-18,21,26,31H,2-8,13-16H2,1H3,(H,27,28,29). The fourth-order valence-electron chi connectivity index (χ4n) is 4.47. The van der Waals surface area contributed by atoms with Crippen molar-refractivity contribution in [3.05, 3.63) is 42.2 Å². The fourth-order valence-corrected chi connectivity index (χ4v) is 4.47. The summed E-state index contributed by atoms with van der Waals surface area (Å²) in [4.78, 5) is 9.56. The Balaban J connectivity index is 1.66. The van der Waals surface area contributed by atoms with Crippen LogP contribution in [0, 0.1) is 0 Å². The van der Waals surface area contributed by atoms with E-state index in [0.29, 0.717) is 12.6 Å². The zero-order valence-electron chi connectivity index (χ0n) is 18.6. The summed E-state index contributed by atoms with van der Waals surface area (Å²) in [5.74, 6) is 0.730. The number of nitrogens with zero attached hydrogens (tertiary/aromatic N) is 3. The quantitative estimate of drug-likeness (QED) is 0.406. The molecule has 0 bridgehead atoms. The number of aromatic nitrogens is 3. The van der Waals surface area contributed by atoms with Crippen molar-refractivity contribution in [3.63, 3.8) is 0 Å². The Bertz CT molecular complexity index is 960. The van der Waals surface area contributed by atoms with Crippen LogP contribution in [0.4, 0.5) is 5.95 Å². The predicted molar refractivity (Wildman–Crippen MR) is 127 cm³/mol. The summed E-state index contributed by atoms with van der Waals surface area (Å²) in [6, 6.07) is 9.20. The highest BCUT2D eigenvalue weighted by Gasteiger charge is 2.21. The van der Waals surface area contributed by atoms with Gasteiger partial charge in [-0.15, -0.1) is 0 Å². The monoisotopic (exact) mass is 421 g/mol. The first-order valence-corrected chi connectivity index (χ1v) is 11.8. The maximum Gasteiger partial charge on any atom is 0.224 e. The summed E-state index contributed by atoms with van der Waals surface area (Å²) >= 11 is 0. The molecule has 0 aliphatic heterocycles. The van der Waals surface area contributed by atoms with Gasteiger partial charge in [-0.1, -0.05) is 56.9 Å². The first-order chi connectivity index (χ1) is 15.3. The second-order valence-corrected chi connectivity index (χ2v) is 8.55. The molecular weight excluding hydrogens is 386 g/mol. The molecular formula is C25H35N5O. The van der Waals surface area contributed by atoms with Gasteiger partial charge >= 0.3 is 0 Å². The molecule has 1 saturated carbocycles. The summed E-state index contributed by atoms with van der Waals surface area (Å²) in [6.07, 6.45) is 12.9. The van der Waals surface area contributed by atoms with Crippen molar-refractivity contribution < 1.29 is 5.11 Å². The molecule has 0 radical (unpaired) electrons.